The molecule has 0 aliphatic carbocycles. The summed E-state index contributed by atoms with van der Waals surface area (Å²) in [7, 11) is 3.15. The van der Waals surface area contributed by atoms with E-state index < -0.39 is 0 Å². The van der Waals surface area contributed by atoms with Crippen LogP contribution in [0.2, 0.25) is 0 Å². The summed E-state index contributed by atoms with van der Waals surface area (Å²) < 4.78 is 10.5. The minimum absolute atomic E-state index is 0.0556. The molecule has 0 heterocycles. The van der Waals surface area contributed by atoms with Gasteiger partial charge in [0.15, 0.2) is 11.5 Å². The van der Waals surface area contributed by atoms with Crippen molar-refractivity contribution in [2.24, 2.45) is 0 Å². The standard InChI is InChI=1S/C19H24N2O3/c1-4-21(13-15-8-6-5-7-9-15)14-19(22)20-16-10-11-17(23-2)18(12-16)24-3/h5-12H,4,13-14H2,1-3H3,(H,20,22). The van der Waals surface area contributed by atoms with Crippen LogP contribution in [0.25, 0.3) is 0 Å². The lowest BCUT2D eigenvalue weighted by atomic mass is 10.2. The molecular formula is C19H24N2O3. The van der Waals surface area contributed by atoms with Crippen LogP contribution in [-0.2, 0) is 11.3 Å². The zero-order valence-electron chi connectivity index (χ0n) is 14.4. The van der Waals surface area contributed by atoms with Gasteiger partial charge in [-0.05, 0) is 24.2 Å². The first-order valence-corrected chi connectivity index (χ1v) is 7.94. The Kier molecular flexibility index (Phi) is 6.63. The van der Waals surface area contributed by atoms with Crippen LogP contribution in [0.3, 0.4) is 0 Å². The lowest BCUT2D eigenvalue weighted by Crippen LogP contribution is -2.32. The Morgan fingerprint density at radius 1 is 1.04 bits per heavy atom. The van der Waals surface area contributed by atoms with E-state index in [1.54, 1.807) is 32.4 Å². The summed E-state index contributed by atoms with van der Waals surface area (Å²) in [5.41, 5.74) is 1.88. The van der Waals surface area contributed by atoms with Crippen LogP contribution < -0.4 is 14.8 Å². The van der Waals surface area contributed by atoms with Gasteiger partial charge in [0.05, 0.1) is 20.8 Å². The number of carbonyl (C=O) groups is 1. The Bertz CT molecular complexity index is 659. The molecule has 1 amide bonds. The molecule has 2 rings (SSSR count). The van der Waals surface area contributed by atoms with Crippen LogP contribution >= 0.6 is 0 Å². The van der Waals surface area contributed by atoms with Crippen LogP contribution in [0.5, 0.6) is 11.5 Å². The maximum absolute atomic E-state index is 12.3. The van der Waals surface area contributed by atoms with E-state index >= 15 is 0 Å². The van der Waals surface area contributed by atoms with Gasteiger partial charge in [-0.1, -0.05) is 37.3 Å². The van der Waals surface area contributed by atoms with E-state index in [1.807, 2.05) is 25.1 Å². The molecule has 128 valence electrons. The number of carbonyl (C=O) groups excluding carboxylic acids is 1. The third-order valence-electron chi connectivity index (χ3n) is 3.73. The summed E-state index contributed by atoms with van der Waals surface area (Å²) in [5.74, 6) is 1.17. The molecule has 24 heavy (non-hydrogen) atoms. The minimum Gasteiger partial charge on any atom is -0.493 e. The van der Waals surface area contributed by atoms with Crippen LogP contribution in [0.15, 0.2) is 48.5 Å². The topological polar surface area (TPSA) is 50.8 Å². The van der Waals surface area contributed by atoms with Crippen molar-refractivity contribution in [1.29, 1.82) is 0 Å². The van der Waals surface area contributed by atoms with Gasteiger partial charge in [-0.3, -0.25) is 9.69 Å². The zero-order chi connectivity index (χ0) is 17.4. The summed E-state index contributed by atoms with van der Waals surface area (Å²) in [6, 6.07) is 15.5. The van der Waals surface area contributed by atoms with E-state index in [0.29, 0.717) is 23.7 Å². The number of benzene rings is 2. The second kappa shape index (κ2) is 8.93. The molecular weight excluding hydrogens is 304 g/mol. The van der Waals surface area contributed by atoms with Crippen molar-refractivity contribution < 1.29 is 14.3 Å². The normalized spacial score (nSPS) is 10.5. The number of likely N-dealkylation sites (N-methyl/N-ethyl adjacent to an activating group) is 1. The fourth-order valence-electron chi connectivity index (χ4n) is 2.44. The maximum atomic E-state index is 12.3. The third kappa shape index (κ3) is 4.99. The molecule has 0 saturated heterocycles. The smallest absolute Gasteiger partial charge is 0.238 e. The fourth-order valence-corrected chi connectivity index (χ4v) is 2.44. The number of nitrogens with one attached hydrogen (secondary N) is 1. The molecule has 0 spiro atoms. The lowest BCUT2D eigenvalue weighted by molar-refractivity contribution is -0.117. The molecule has 0 aliphatic rings. The molecule has 0 aromatic heterocycles. The van der Waals surface area contributed by atoms with Gasteiger partial charge in [0, 0.05) is 18.3 Å². The van der Waals surface area contributed by atoms with E-state index in [0.717, 1.165) is 13.1 Å². The molecule has 0 bridgehead atoms. The van der Waals surface area contributed by atoms with Gasteiger partial charge in [0.25, 0.3) is 0 Å². The number of nitrogens with zero attached hydrogens (tertiary/aromatic N) is 1. The highest BCUT2D eigenvalue weighted by atomic mass is 16.5. The van der Waals surface area contributed by atoms with Crippen LogP contribution in [0.4, 0.5) is 5.69 Å². The second-order valence-corrected chi connectivity index (χ2v) is 5.41. The molecule has 0 aliphatic heterocycles. The minimum atomic E-state index is -0.0556. The van der Waals surface area contributed by atoms with E-state index in [4.69, 9.17) is 9.47 Å². The van der Waals surface area contributed by atoms with E-state index in [1.165, 1.54) is 5.56 Å². The van der Waals surface area contributed by atoms with Gasteiger partial charge in [-0.15, -0.1) is 0 Å². The van der Waals surface area contributed by atoms with Crippen LogP contribution in [-0.4, -0.2) is 38.1 Å². The van der Waals surface area contributed by atoms with Gasteiger partial charge in [0.1, 0.15) is 0 Å². The lowest BCUT2D eigenvalue weighted by Gasteiger charge is -2.20. The number of methoxy groups -OCH3 is 2. The summed E-state index contributed by atoms with van der Waals surface area (Å²) >= 11 is 0. The maximum Gasteiger partial charge on any atom is 0.238 e. The van der Waals surface area contributed by atoms with Crippen LogP contribution in [0, 0.1) is 0 Å². The number of hydrogen-bond donors (Lipinski definition) is 1. The fraction of sp³-hybridized carbons (Fsp3) is 0.316. The Labute approximate surface area is 143 Å². The summed E-state index contributed by atoms with van der Waals surface area (Å²) in [5, 5.41) is 2.90. The van der Waals surface area contributed by atoms with Gasteiger partial charge in [0.2, 0.25) is 5.91 Å². The monoisotopic (exact) mass is 328 g/mol. The molecule has 0 unspecified atom stereocenters. The summed E-state index contributed by atoms with van der Waals surface area (Å²) in [6.45, 7) is 3.93. The number of anilines is 1. The highest BCUT2D eigenvalue weighted by Gasteiger charge is 2.11. The Balaban J connectivity index is 1.96. The SMILES string of the molecule is CCN(CC(=O)Nc1ccc(OC)c(OC)c1)Cc1ccccc1. The predicted octanol–water partition coefficient (Wildman–Crippen LogP) is 3.16. The number of ether oxygens (including phenoxy) is 2. The highest BCUT2D eigenvalue weighted by molar-refractivity contribution is 5.92. The molecule has 0 radical (unpaired) electrons. The van der Waals surface area contributed by atoms with E-state index in [9.17, 15) is 4.79 Å². The molecule has 2 aromatic carbocycles. The van der Waals surface area contributed by atoms with Crippen molar-refractivity contribution >= 4 is 11.6 Å². The van der Waals surface area contributed by atoms with Gasteiger partial charge >= 0.3 is 0 Å². The van der Waals surface area contributed by atoms with E-state index in [2.05, 4.69) is 22.3 Å². The van der Waals surface area contributed by atoms with Gasteiger partial charge in [-0.25, -0.2) is 0 Å². The predicted molar refractivity (Wildman–Crippen MR) is 95.6 cm³/mol. The Hall–Kier alpha value is -2.53. The average Bonchev–Trinajstić information content (AvgIpc) is 2.61. The first kappa shape index (κ1) is 17.8. The summed E-state index contributed by atoms with van der Waals surface area (Å²) in [4.78, 5) is 14.4. The molecule has 1 N–H and O–H groups in total. The number of rotatable bonds is 8. The van der Waals surface area contributed by atoms with E-state index in [-0.39, 0.29) is 5.91 Å². The third-order valence-corrected chi connectivity index (χ3v) is 3.73. The molecule has 0 atom stereocenters. The van der Waals surface area contributed by atoms with Crippen molar-refractivity contribution in [3.63, 3.8) is 0 Å². The Morgan fingerprint density at radius 3 is 2.38 bits per heavy atom. The van der Waals surface area contributed by atoms with Crippen molar-refractivity contribution in [1.82, 2.24) is 4.90 Å². The number of amides is 1. The van der Waals surface area contributed by atoms with Crippen molar-refractivity contribution in [3.8, 4) is 11.5 Å². The van der Waals surface area contributed by atoms with Crippen molar-refractivity contribution in [3.05, 3.63) is 54.1 Å². The van der Waals surface area contributed by atoms with Crippen LogP contribution in [0.1, 0.15) is 12.5 Å². The van der Waals surface area contributed by atoms with Gasteiger partial charge < -0.3 is 14.8 Å². The van der Waals surface area contributed by atoms with Gasteiger partial charge in [-0.2, -0.15) is 0 Å². The molecule has 5 heteroatoms. The molecule has 2 aromatic rings. The zero-order valence-corrected chi connectivity index (χ0v) is 14.4. The first-order valence-electron chi connectivity index (χ1n) is 7.94. The molecule has 0 fully saturated rings. The summed E-state index contributed by atoms with van der Waals surface area (Å²) in [6.07, 6.45) is 0. The molecule has 5 nitrogen and oxygen atoms in total. The Morgan fingerprint density at radius 2 is 1.75 bits per heavy atom. The first-order chi connectivity index (χ1) is 11.7. The number of hydrogen-bond acceptors (Lipinski definition) is 4. The second-order valence-electron chi connectivity index (χ2n) is 5.41. The highest BCUT2D eigenvalue weighted by Crippen LogP contribution is 2.29. The van der Waals surface area contributed by atoms with Crippen molar-refractivity contribution in [2.75, 3.05) is 32.6 Å². The largest absolute Gasteiger partial charge is 0.493 e. The molecule has 0 saturated carbocycles. The average molecular weight is 328 g/mol. The van der Waals surface area contributed by atoms with Crippen molar-refractivity contribution in [2.45, 2.75) is 13.5 Å². The quantitative estimate of drug-likeness (QED) is 0.809.